The van der Waals surface area contributed by atoms with Gasteiger partial charge in [0.05, 0.1) is 5.60 Å². The second kappa shape index (κ2) is 4.19. The van der Waals surface area contributed by atoms with Gasteiger partial charge in [0.2, 0.25) is 0 Å². The van der Waals surface area contributed by atoms with Gasteiger partial charge in [0.25, 0.3) is 0 Å². The Bertz CT molecular complexity index is 380. The number of hydrogen-bond donors (Lipinski definition) is 1. The molecule has 1 N–H and O–H groups in total. The number of likely N-dealkylation sites (tertiary alicyclic amines) is 1. The first-order chi connectivity index (χ1) is 7.52. The minimum absolute atomic E-state index is 0.419. The molecule has 2 heteroatoms. The Balaban J connectivity index is 1.99. The monoisotopic (exact) mass is 219 g/mol. The highest BCUT2D eigenvalue weighted by molar-refractivity contribution is 5.30. The molecule has 0 spiro atoms. The number of rotatable bonds is 3. The maximum atomic E-state index is 9.95. The molecule has 16 heavy (non-hydrogen) atoms. The number of hydrogen-bond acceptors (Lipinski definition) is 2. The number of nitrogens with zero attached hydrogens (tertiary/aromatic N) is 1. The van der Waals surface area contributed by atoms with E-state index in [1.807, 2.05) is 0 Å². The lowest BCUT2D eigenvalue weighted by Crippen LogP contribution is -2.60. The van der Waals surface area contributed by atoms with E-state index in [4.69, 9.17) is 0 Å². The van der Waals surface area contributed by atoms with E-state index >= 15 is 0 Å². The molecule has 2 nitrogen and oxygen atoms in total. The van der Waals surface area contributed by atoms with Crippen LogP contribution in [-0.4, -0.2) is 28.7 Å². The second-order valence-corrected chi connectivity index (χ2v) is 5.15. The highest BCUT2D eigenvalue weighted by Crippen LogP contribution is 2.26. The summed E-state index contributed by atoms with van der Waals surface area (Å²) in [5.74, 6) is 0. The highest BCUT2D eigenvalue weighted by atomic mass is 16.3. The van der Waals surface area contributed by atoms with Crippen molar-refractivity contribution in [1.29, 1.82) is 0 Å². The summed E-state index contributed by atoms with van der Waals surface area (Å²) in [7, 11) is 0. The van der Waals surface area contributed by atoms with Crippen LogP contribution in [0.25, 0.3) is 0 Å². The maximum absolute atomic E-state index is 9.95. The number of aliphatic hydroxyl groups is 1. The van der Waals surface area contributed by atoms with Gasteiger partial charge in [-0.3, -0.25) is 4.90 Å². The van der Waals surface area contributed by atoms with Gasteiger partial charge in [-0.1, -0.05) is 30.7 Å². The smallest absolute Gasteiger partial charge is 0.0897 e. The van der Waals surface area contributed by atoms with E-state index in [9.17, 15) is 5.11 Å². The molecule has 0 aromatic heterocycles. The van der Waals surface area contributed by atoms with Gasteiger partial charge < -0.3 is 5.11 Å². The Morgan fingerprint density at radius 2 is 2.00 bits per heavy atom. The summed E-state index contributed by atoms with van der Waals surface area (Å²) in [4.78, 5) is 2.31. The van der Waals surface area contributed by atoms with E-state index in [-0.39, 0.29) is 0 Å². The van der Waals surface area contributed by atoms with Crippen LogP contribution in [0.1, 0.15) is 30.0 Å². The van der Waals surface area contributed by atoms with Crippen LogP contribution in [0.15, 0.2) is 18.2 Å². The van der Waals surface area contributed by atoms with Gasteiger partial charge in [-0.2, -0.15) is 0 Å². The molecule has 1 aliphatic rings. The van der Waals surface area contributed by atoms with E-state index in [0.29, 0.717) is 0 Å². The van der Waals surface area contributed by atoms with E-state index in [1.165, 1.54) is 16.7 Å². The fourth-order valence-corrected chi connectivity index (χ4v) is 2.33. The topological polar surface area (TPSA) is 23.5 Å². The molecule has 88 valence electrons. The third kappa shape index (κ3) is 2.28. The minimum atomic E-state index is -0.419. The van der Waals surface area contributed by atoms with Gasteiger partial charge in [0.15, 0.2) is 0 Å². The molecule has 0 atom stereocenters. The Labute approximate surface area is 97.9 Å². The SMILES string of the molecule is CCC1(O)CN(Cc2cc(C)ccc2C)C1. The van der Waals surface area contributed by atoms with Crippen LogP contribution in [-0.2, 0) is 6.54 Å². The van der Waals surface area contributed by atoms with Crippen molar-refractivity contribution in [3.63, 3.8) is 0 Å². The first kappa shape index (κ1) is 11.6. The molecule has 1 saturated heterocycles. The lowest BCUT2D eigenvalue weighted by atomic mass is 9.90. The van der Waals surface area contributed by atoms with Crippen LogP contribution < -0.4 is 0 Å². The maximum Gasteiger partial charge on any atom is 0.0897 e. The molecule has 0 saturated carbocycles. The second-order valence-electron chi connectivity index (χ2n) is 5.15. The van der Waals surface area contributed by atoms with Crippen LogP contribution in [0.2, 0.25) is 0 Å². The Morgan fingerprint density at radius 3 is 2.62 bits per heavy atom. The normalized spacial score (nSPS) is 19.5. The van der Waals surface area contributed by atoms with E-state index in [1.54, 1.807) is 0 Å². The minimum Gasteiger partial charge on any atom is -0.387 e. The quantitative estimate of drug-likeness (QED) is 0.843. The Hall–Kier alpha value is -0.860. The van der Waals surface area contributed by atoms with Gasteiger partial charge >= 0.3 is 0 Å². The van der Waals surface area contributed by atoms with Crippen molar-refractivity contribution in [2.24, 2.45) is 0 Å². The zero-order valence-corrected chi connectivity index (χ0v) is 10.5. The zero-order chi connectivity index (χ0) is 11.8. The third-order valence-electron chi connectivity index (χ3n) is 3.59. The molecule has 0 unspecified atom stereocenters. The molecule has 1 aliphatic heterocycles. The van der Waals surface area contributed by atoms with Crippen molar-refractivity contribution >= 4 is 0 Å². The molecule has 1 fully saturated rings. The summed E-state index contributed by atoms with van der Waals surface area (Å²) in [6, 6.07) is 6.58. The summed E-state index contributed by atoms with van der Waals surface area (Å²) in [6.45, 7) is 8.93. The molecular weight excluding hydrogens is 198 g/mol. The van der Waals surface area contributed by atoms with Crippen molar-refractivity contribution in [2.45, 2.75) is 39.3 Å². The lowest BCUT2D eigenvalue weighted by molar-refractivity contribution is -0.103. The fraction of sp³-hybridized carbons (Fsp3) is 0.571. The van der Waals surface area contributed by atoms with Crippen molar-refractivity contribution in [1.82, 2.24) is 4.90 Å². The molecule has 0 bridgehead atoms. The first-order valence-corrected chi connectivity index (χ1v) is 6.03. The van der Waals surface area contributed by atoms with Crippen LogP contribution in [0.5, 0.6) is 0 Å². The van der Waals surface area contributed by atoms with Gasteiger partial charge in [-0.05, 0) is 31.4 Å². The molecule has 0 amide bonds. The molecule has 1 aromatic carbocycles. The van der Waals surface area contributed by atoms with Crippen molar-refractivity contribution in [2.75, 3.05) is 13.1 Å². The van der Waals surface area contributed by atoms with Gasteiger partial charge in [-0.25, -0.2) is 0 Å². The number of aryl methyl sites for hydroxylation is 2. The van der Waals surface area contributed by atoms with Crippen LogP contribution >= 0.6 is 0 Å². The van der Waals surface area contributed by atoms with Crippen molar-refractivity contribution < 1.29 is 5.11 Å². The van der Waals surface area contributed by atoms with Crippen molar-refractivity contribution in [3.05, 3.63) is 34.9 Å². The van der Waals surface area contributed by atoms with Gasteiger partial charge in [-0.15, -0.1) is 0 Å². The zero-order valence-electron chi connectivity index (χ0n) is 10.5. The number of β-amino-alcohol motifs (C(OH)–C–C–N with tert-alkyl or cyclic N) is 1. The summed E-state index contributed by atoms with van der Waals surface area (Å²) in [6.07, 6.45) is 0.857. The molecule has 1 heterocycles. The van der Waals surface area contributed by atoms with Gasteiger partial charge in [0.1, 0.15) is 0 Å². The first-order valence-electron chi connectivity index (χ1n) is 6.03. The van der Waals surface area contributed by atoms with E-state index < -0.39 is 5.60 Å². The summed E-state index contributed by atoms with van der Waals surface area (Å²) >= 11 is 0. The van der Waals surface area contributed by atoms with Crippen LogP contribution in [0.3, 0.4) is 0 Å². The Morgan fingerprint density at radius 1 is 1.31 bits per heavy atom. The average molecular weight is 219 g/mol. The Kier molecular flexibility index (Phi) is 3.04. The molecule has 0 radical (unpaired) electrons. The number of benzene rings is 1. The summed E-state index contributed by atoms with van der Waals surface area (Å²) in [5, 5.41) is 9.95. The predicted molar refractivity (Wildman–Crippen MR) is 66.4 cm³/mol. The predicted octanol–water partition coefficient (Wildman–Crippen LogP) is 2.26. The molecule has 1 aromatic rings. The van der Waals surface area contributed by atoms with Crippen LogP contribution in [0.4, 0.5) is 0 Å². The fourth-order valence-electron chi connectivity index (χ4n) is 2.33. The summed E-state index contributed by atoms with van der Waals surface area (Å²) < 4.78 is 0. The third-order valence-corrected chi connectivity index (χ3v) is 3.59. The van der Waals surface area contributed by atoms with Gasteiger partial charge in [0, 0.05) is 19.6 Å². The van der Waals surface area contributed by atoms with Crippen LogP contribution in [0, 0.1) is 13.8 Å². The lowest BCUT2D eigenvalue weighted by Gasteiger charge is -2.46. The molecule has 0 aliphatic carbocycles. The highest BCUT2D eigenvalue weighted by Gasteiger charge is 2.39. The molecule has 2 rings (SSSR count). The molecular formula is C14H21NO. The van der Waals surface area contributed by atoms with E-state index in [2.05, 4.69) is 43.9 Å². The largest absolute Gasteiger partial charge is 0.387 e. The standard InChI is InChI=1S/C14H21NO/c1-4-14(16)9-15(10-14)8-13-7-11(2)5-6-12(13)3/h5-7,16H,4,8-10H2,1-3H3. The van der Waals surface area contributed by atoms with E-state index in [0.717, 1.165) is 26.1 Å². The summed E-state index contributed by atoms with van der Waals surface area (Å²) in [5.41, 5.74) is 3.63. The average Bonchev–Trinajstić information content (AvgIpc) is 2.21. The van der Waals surface area contributed by atoms with Crippen molar-refractivity contribution in [3.8, 4) is 0 Å².